The van der Waals surface area contributed by atoms with E-state index in [0.29, 0.717) is 26.3 Å². The zero-order valence-corrected chi connectivity index (χ0v) is 22.0. The summed E-state index contributed by atoms with van der Waals surface area (Å²) in [6.07, 6.45) is 2.71. The van der Waals surface area contributed by atoms with Crippen LogP contribution < -0.4 is 20.9 Å². The highest BCUT2D eigenvalue weighted by molar-refractivity contribution is 5.69. The number of nitriles is 1. The fraction of sp³-hybridized carbons (Fsp3) is 0.538. The van der Waals surface area contributed by atoms with Gasteiger partial charge >= 0.3 is 6.09 Å². The molecule has 1 saturated carbocycles. The van der Waals surface area contributed by atoms with Crippen LogP contribution in [0, 0.1) is 28.9 Å². The first-order chi connectivity index (χ1) is 18.1. The van der Waals surface area contributed by atoms with Gasteiger partial charge in [0.25, 0.3) is 0 Å². The van der Waals surface area contributed by atoms with Crippen molar-refractivity contribution in [2.45, 2.75) is 58.2 Å². The summed E-state index contributed by atoms with van der Waals surface area (Å²) in [5.74, 6) is -1.09. The number of carbonyl (C=O) groups is 1. The molecule has 4 rings (SSSR count). The fourth-order valence-corrected chi connectivity index (χ4v) is 4.27. The molecule has 2 aromatic heterocycles. The molecule has 0 radical (unpaired) electrons. The number of nitrogens with one attached hydrogen (secondary N) is 3. The van der Waals surface area contributed by atoms with Crippen molar-refractivity contribution in [3.63, 3.8) is 0 Å². The highest BCUT2D eigenvalue weighted by Gasteiger charge is 2.37. The van der Waals surface area contributed by atoms with Crippen molar-refractivity contribution in [1.29, 1.82) is 5.26 Å². The van der Waals surface area contributed by atoms with Crippen molar-refractivity contribution in [3.05, 3.63) is 35.5 Å². The monoisotopic (exact) mass is 529 g/mol. The number of nitrogens with zero attached hydrogens (tertiary/aromatic N) is 4. The van der Waals surface area contributed by atoms with E-state index in [0.717, 1.165) is 18.9 Å². The standard InChI is InChI=1S/C26H33F2N7O3/c1-15(31-25(36)38-26(2,3)4)21(16-5-6-16)33-23-18(27)13-17(14-29)22(34-23)32-19-7-8-30-24(20(19)28)35-9-11-37-12-10-35/h7-8,13,15-16,21H,5-6,9-12H2,1-4H3,(H,31,36)(H2,30,32,33,34)/t15-,21-/m0/s1. The van der Waals surface area contributed by atoms with Gasteiger partial charge in [0.1, 0.15) is 11.7 Å². The van der Waals surface area contributed by atoms with E-state index in [9.17, 15) is 10.1 Å². The molecule has 0 bridgehead atoms. The van der Waals surface area contributed by atoms with Gasteiger partial charge in [-0.3, -0.25) is 0 Å². The Morgan fingerprint density at radius 1 is 1.26 bits per heavy atom. The second-order valence-electron chi connectivity index (χ2n) is 10.5. The van der Waals surface area contributed by atoms with Crippen molar-refractivity contribution in [2.24, 2.45) is 5.92 Å². The topological polar surface area (TPSA) is 124 Å². The number of rotatable bonds is 8. The van der Waals surface area contributed by atoms with Crippen LogP contribution in [0.3, 0.4) is 0 Å². The number of hydrogen-bond donors (Lipinski definition) is 3. The van der Waals surface area contributed by atoms with Crippen LogP contribution in [-0.2, 0) is 9.47 Å². The third kappa shape index (κ3) is 6.77. The van der Waals surface area contributed by atoms with E-state index in [1.807, 2.05) is 6.07 Å². The smallest absolute Gasteiger partial charge is 0.407 e. The number of pyridine rings is 2. The third-order valence-corrected chi connectivity index (χ3v) is 6.25. The number of anilines is 4. The maximum atomic E-state index is 15.4. The SMILES string of the molecule is C[C@H](NC(=O)OC(C)(C)C)[C@H](Nc1nc(Nc2ccnc(N3CCOCC3)c2F)c(C#N)cc1F)C1CC1. The van der Waals surface area contributed by atoms with Crippen molar-refractivity contribution < 1.29 is 23.0 Å². The Morgan fingerprint density at radius 3 is 2.61 bits per heavy atom. The normalized spacial score (nSPS) is 17.2. The summed E-state index contributed by atoms with van der Waals surface area (Å²) in [5.41, 5.74) is -0.681. The van der Waals surface area contributed by atoms with Crippen molar-refractivity contribution in [2.75, 3.05) is 41.8 Å². The van der Waals surface area contributed by atoms with Crippen molar-refractivity contribution >= 4 is 29.2 Å². The van der Waals surface area contributed by atoms with E-state index in [1.54, 1.807) is 32.6 Å². The summed E-state index contributed by atoms with van der Waals surface area (Å²) in [5, 5.41) is 18.3. The largest absolute Gasteiger partial charge is 0.444 e. The lowest BCUT2D eigenvalue weighted by Gasteiger charge is -2.29. The van der Waals surface area contributed by atoms with Gasteiger partial charge in [0.2, 0.25) is 0 Å². The molecule has 1 aliphatic carbocycles. The Balaban J connectivity index is 1.56. The number of aromatic nitrogens is 2. The number of hydrogen-bond acceptors (Lipinski definition) is 9. The molecule has 1 saturated heterocycles. The summed E-state index contributed by atoms with van der Waals surface area (Å²) in [4.78, 5) is 22.6. The minimum Gasteiger partial charge on any atom is -0.444 e. The summed E-state index contributed by atoms with van der Waals surface area (Å²) < 4.78 is 41.1. The molecular weight excluding hydrogens is 496 g/mol. The second-order valence-corrected chi connectivity index (χ2v) is 10.5. The fourth-order valence-electron chi connectivity index (χ4n) is 4.27. The number of ether oxygens (including phenoxy) is 2. The van der Waals surface area contributed by atoms with Crippen LogP contribution >= 0.6 is 0 Å². The lowest BCUT2D eigenvalue weighted by Crippen LogP contribution is -2.47. The van der Waals surface area contributed by atoms with E-state index in [4.69, 9.17) is 9.47 Å². The van der Waals surface area contributed by atoms with E-state index >= 15 is 8.78 Å². The van der Waals surface area contributed by atoms with Crippen LogP contribution in [0.5, 0.6) is 0 Å². The molecule has 12 heteroatoms. The molecule has 0 unspecified atom stereocenters. The Hall–Kier alpha value is -3.72. The molecule has 38 heavy (non-hydrogen) atoms. The predicted molar refractivity (Wildman–Crippen MR) is 138 cm³/mol. The molecule has 3 heterocycles. The molecule has 2 atom stereocenters. The number of morpholine rings is 1. The maximum Gasteiger partial charge on any atom is 0.407 e. The molecule has 1 amide bonds. The summed E-state index contributed by atoms with van der Waals surface area (Å²) in [7, 11) is 0. The van der Waals surface area contributed by atoms with Gasteiger partial charge in [0.05, 0.1) is 30.5 Å². The van der Waals surface area contributed by atoms with Crippen LogP contribution in [0.25, 0.3) is 0 Å². The molecule has 204 valence electrons. The Bertz CT molecular complexity index is 1200. The van der Waals surface area contributed by atoms with Gasteiger partial charge in [-0.2, -0.15) is 5.26 Å². The Kier molecular flexibility index (Phi) is 8.16. The van der Waals surface area contributed by atoms with Gasteiger partial charge in [0.15, 0.2) is 29.1 Å². The zero-order chi connectivity index (χ0) is 27.4. The summed E-state index contributed by atoms with van der Waals surface area (Å²) in [6, 6.07) is 3.65. The van der Waals surface area contributed by atoms with Crippen LogP contribution in [0.15, 0.2) is 18.3 Å². The average Bonchev–Trinajstić information content (AvgIpc) is 3.69. The number of alkyl carbamates (subject to hydrolysis) is 1. The van der Waals surface area contributed by atoms with Gasteiger partial charge in [0, 0.05) is 25.3 Å². The first-order valence-electron chi connectivity index (χ1n) is 12.7. The molecule has 2 aliphatic rings. The first-order valence-corrected chi connectivity index (χ1v) is 12.7. The highest BCUT2D eigenvalue weighted by atomic mass is 19.1. The first kappa shape index (κ1) is 27.3. The van der Waals surface area contributed by atoms with Gasteiger partial charge in [-0.05, 0) is 58.6 Å². The number of halogens is 2. The van der Waals surface area contributed by atoms with Gasteiger partial charge in [-0.1, -0.05) is 0 Å². The lowest BCUT2D eigenvalue weighted by molar-refractivity contribution is 0.0501. The third-order valence-electron chi connectivity index (χ3n) is 6.25. The molecule has 0 aromatic carbocycles. The van der Waals surface area contributed by atoms with Crippen molar-refractivity contribution in [3.8, 4) is 6.07 Å². The summed E-state index contributed by atoms with van der Waals surface area (Å²) >= 11 is 0. The molecule has 2 aromatic rings. The minimum absolute atomic E-state index is 0.00303. The molecule has 0 spiro atoms. The minimum atomic E-state index is -0.730. The van der Waals surface area contributed by atoms with Crippen LogP contribution in [0.2, 0.25) is 0 Å². The predicted octanol–water partition coefficient (Wildman–Crippen LogP) is 4.31. The van der Waals surface area contributed by atoms with E-state index in [-0.39, 0.29) is 40.7 Å². The van der Waals surface area contributed by atoms with Crippen LogP contribution in [0.4, 0.5) is 36.7 Å². The summed E-state index contributed by atoms with van der Waals surface area (Å²) in [6.45, 7) is 9.05. The van der Waals surface area contributed by atoms with Crippen molar-refractivity contribution in [1.82, 2.24) is 15.3 Å². The van der Waals surface area contributed by atoms with Gasteiger partial charge in [-0.15, -0.1) is 0 Å². The zero-order valence-electron chi connectivity index (χ0n) is 22.0. The maximum absolute atomic E-state index is 15.4. The van der Waals surface area contributed by atoms with Gasteiger partial charge in [-0.25, -0.2) is 23.5 Å². The molecule has 2 fully saturated rings. The molecular formula is C26H33F2N7O3. The van der Waals surface area contributed by atoms with Gasteiger partial charge < -0.3 is 30.3 Å². The molecule has 1 aliphatic heterocycles. The molecule has 10 nitrogen and oxygen atoms in total. The van der Waals surface area contributed by atoms with Crippen LogP contribution in [-0.4, -0.2) is 60.0 Å². The van der Waals surface area contributed by atoms with E-state index < -0.39 is 29.4 Å². The lowest BCUT2D eigenvalue weighted by atomic mass is 10.0. The van der Waals surface area contributed by atoms with E-state index in [1.165, 1.54) is 12.3 Å². The Labute approximate surface area is 220 Å². The van der Waals surface area contributed by atoms with E-state index in [2.05, 4.69) is 25.9 Å². The quantitative estimate of drug-likeness (QED) is 0.459. The second kappa shape index (κ2) is 11.3. The molecule has 3 N–H and O–H groups in total. The average molecular weight is 530 g/mol. The number of carbonyl (C=O) groups excluding carboxylic acids is 1. The highest BCUT2D eigenvalue weighted by Crippen LogP contribution is 2.36. The Morgan fingerprint density at radius 2 is 1.97 bits per heavy atom. The van der Waals surface area contributed by atoms with Crippen LogP contribution in [0.1, 0.15) is 46.1 Å². The number of amides is 1.